The third kappa shape index (κ3) is 68.6. The summed E-state index contributed by atoms with van der Waals surface area (Å²) in [6.07, 6.45) is 124. The predicted octanol–water partition coefficient (Wildman–Crippen LogP) is 39.5. The zero-order valence-electron chi connectivity index (χ0n) is 77.9. The summed E-state index contributed by atoms with van der Waals surface area (Å²) in [5, 5.41) is 7.21. The summed E-state index contributed by atoms with van der Waals surface area (Å²) in [6.45, 7) is 14.0. The molecule has 0 aliphatic heterocycles. The predicted molar refractivity (Wildman–Crippen MR) is 510 cm³/mol. The molecule has 0 spiro atoms. The Morgan fingerprint density at radius 3 is 0.393 bits per heavy atom. The molecular formula is C109H204N2O. The molecule has 0 saturated carbocycles. The fourth-order valence-corrected chi connectivity index (χ4v) is 18.6. The first-order chi connectivity index (χ1) is 55.5. The second-order valence-electron chi connectivity index (χ2n) is 37.2. The van der Waals surface area contributed by atoms with E-state index in [-0.39, 0.29) is 6.03 Å². The lowest BCUT2D eigenvalue weighted by atomic mass is 9.89. The first kappa shape index (κ1) is 106. The highest BCUT2D eigenvalue weighted by Crippen LogP contribution is 2.32. The monoisotopic (exact) mass is 1560 g/mol. The molecule has 2 aromatic carbocycles. The number of nitrogens with one attached hydrogen (secondary N) is 2. The van der Waals surface area contributed by atoms with E-state index in [9.17, 15) is 0 Å². The van der Waals surface area contributed by atoms with Gasteiger partial charge in [0, 0.05) is 11.4 Å². The zero-order valence-corrected chi connectivity index (χ0v) is 77.9. The second kappa shape index (κ2) is 86.6. The molecule has 2 N–H and O–H groups in total. The molecule has 3 nitrogen and oxygen atoms in total. The van der Waals surface area contributed by atoms with E-state index < -0.39 is 0 Å². The van der Waals surface area contributed by atoms with Crippen LogP contribution < -0.4 is 10.6 Å². The molecule has 0 bridgehead atoms. The normalized spacial score (nSPS) is 11.7. The van der Waals surface area contributed by atoms with E-state index in [0.29, 0.717) is 0 Å². The van der Waals surface area contributed by atoms with E-state index in [2.05, 4.69) is 76.4 Å². The molecule has 0 radical (unpaired) electrons. The standard InChI is InChI=1S/C109H204N2O/c1-7-13-19-25-31-37-43-49-55-61-67-73-79-85-91-101-97-105(98-102(92-86-80-74-68-62-56-50-44-38-32-26-20-14-8-2)107(101)95-89-83-77-71-65-59-53-47-41-35-29-23-17-11-5)110-109(112)111-106-99-103(93-87-81-75-69-63-57-51-45-39-33-27-21-15-9-3)108(96-90-84-78-72-66-60-54-48-42-36-30-24-18-12-6)104(100-106)94-88-82-76-70-64-58-52-46-40-34-28-22-16-10-4/h97-100H,7-96H2,1-6H3,(H2,110,111,112). The highest BCUT2D eigenvalue weighted by molar-refractivity contribution is 6.00. The minimum absolute atomic E-state index is 0.0470. The van der Waals surface area contributed by atoms with Gasteiger partial charge >= 0.3 is 6.03 Å². The SMILES string of the molecule is CCCCCCCCCCCCCCCCc1cc(NC(=O)Nc2cc(CCCCCCCCCCCCCCCC)c(CCCCCCCCCCCCCCCC)c(CCCCCCCCCCCCCCCC)c2)cc(CCCCCCCCCCCCCCCC)c1CCCCCCCCCCCCCCCC. The van der Waals surface area contributed by atoms with Crippen LogP contribution in [0, 0.1) is 0 Å². The van der Waals surface area contributed by atoms with Crippen molar-refractivity contribution < 1.29 is 4.79 Å². The molecular weight excluding hydrogens is 1350 g/mol. The van der Waals surface area contributed by atoms with Gasteiger partial charge in [0.25, 0.3) is 0 Å². The van der Waals surface area contributed by atoms with Gasteiger partial charge in [-0.3, -0.25) is 0 Å². The number of carbonyl (C=O) groups excluding carboxylic acids is 1. The van der Waals surface area contributed by atoms with Gasteiger partial charge in [-0.15, -0.1) is 0 Å². The quantitative estimate of drug-likeness (QED) is 0.0637. The summed E-state index contributed by atoms with van der Waals surface area (Å²) in [4.78, 5) is 15.0. The fraction of sp³-hybridized carbons (Fsp3) is 0.881. The van der Waals surface area contributed by atoms with Crippen molar-refractivity contribution in [1.82, 2.24) is 0 Å². The molecule has 3 heteroatoms. The molecule has 0 atom stereocenters. The lowest BCUT2D eigenvalue weighted by Gasteiger charge is -2.20. The number of hydrogen-bond acceptors (Lipinski definition) is 1. The Morgan fingerprint density at radius 2 is 0.268 bits per heavy atom. The molecule has 0 saturated heterocycles. The van der Waals surface area contributed by atoms with Gasteiger partial charge < -0.3 is 10.6 Å². The molecule has 0 aromatic heterocycles. The van der Waals surface area contributed by atoms with Crippen molar-refractivity contribution in [3.8, 4) is 0 Å². The summed E-state index contributed by atoms with van der Waals surface area (Å²) < 4.78 is 0. The number of hydrogen-bond donors (Lipinski definition) is 2. The average Bonchev–Trinajstić information content (AvgIpc) is 0.823. The van der Waals surface area contributed by atoms with Gasteiger partial charge in [-0.25, -0.2) is 4.79 Å². The van der Waals surface area contributed by atoms with Crippen molar-refractivity contribution >= 4 is 17.4 Å². The van der Waals surface area contributed by atoms with Gasteiger partial charge in [0.05, 0.1) is 0 Å². The van der Waals surface area contributed by atoms with Crippen LogP contribution in [0.1, 0.15) is 614 Å². The molecule has 0 aliphatic carbocycles. The maximum atomic E-state index is 15.0. The van der Waals surface area contributed by atoms with Crippen molar-refractivity contribution in [3.63, 3.8) is 0 Å². The van der Waals surface area contributed by atoms with Crippen LogP contribution in [0.5, 0.6) is 0 Å². The molecule has 656 valence electrons. The van der Waals surface area contributed by atoms with Gasteiger partial charge in [0.1, 0.15) is 0 Å². The summed E-state index contributed by atoms with van der Waals surface area (Å²) in [6, 6.07) is 9.83. The van der Waals surface area contributed by atoms with Crippen molar-refractivity contribution in [2.75, 3.05) is 10.6 Å². The van der Waals surface area contributed by atoms with E-state index in [0.717, 1.165) is 37.1 Å². The Kier molecular flexibility index (Phi) is 81.8. The van der Waals surface area contributed by atoms with Crippen LogP contribution in [0.4, 0.5) is 16.2 Å². The third-order valence-corrected chi connectivity index (χ3v) is 26.1. The van der Waals surface area contributed by atoms with Crippen LogP contribution in [0.15, 0.2) is 24.3 Å². The molecule has 2 rings (SSSR count). The van der Waals surface area contributed by atoms with E-state index in [1.807, 2.05) is 0 Å². The van der Waals surface area contributed by atoms with Gasteiger partial charge in [-0.1, -0.05) is 542 Å². The Hall–Kier alpha value is -2.29. The van der Waals surface area contributed by atoms with Crippen LogP contribution in [-0.4, -0.2) is 6.03 Å². The largest absolute Gasteiger partial charge is 0.323 e. The van der Waals surface area contributed by atoms with Crippen molar-refractivity contribution in [3.05, 3.63) is 57.6 Å². The second-order valence-corrected chi connectivity index (χ2v) is 37.2. The minimum Gasteiger partial charge on any atom is -0.308 e. The number of unbranched alkanes of at least 4 members (excludes halogenated alkanes) is 78. The molecule has 0 unspecified atom stereocenters. The fourth-order valence-electron chi connectivity index (χ4n) is 18.6. The molecule has 112 heavy (non-hydrogen) atoms. The number of anilines is 2. The van der Waals surface area contributed by atoms with Crippen LogP contribution in [0.3, 0.4) is 0 Å². The average molecular weight is 1560 g/mol. The first-order valence-electron chi connectivity index (χ1n) is 52.9. The summed E-state index contributed by atoms with van der Waals surface area (Å²) in [7, 11) is 0. The zero-order chi connectivity index (χ0) is 80.1. The van der Waals surface area contributed by atoms with Gasteiger partial charge in [-0.2, -0.15) is 0 Å². The van der Waals surface area contributed by atoms with E-state index >= 15 is 4.79 Å². The van der Waals surface area contributed by atoms with Crippen LogP contribution in [0.2, 0.25) is 0 Å². The number of carbonyl (C=O) groups is 1. The lowest BCUT2D eigenvalue weighted by molar-refractivity contribution is 0.262. The number of urea groups is 1. The van der Waals surface area contributed by atoms with E-state index in [1.54, 1.807) is 33.4 Å². The molecule has 2 aromatic rings. The van der Waals surface area contributed by atoms with Crippen molar-refractivity contribution in [2.24, 2.45) is 0 Å². The van der Waals surface area contributed by atoms with E-state index in [4.69, 9.17) is 0 Å². The summed E-state index contributed by atoms with van der Waals surface area (Å²) in [5.74, 6) is 0. The van der Waals surface area contributed by atoms with Gasteiger partial charge in [-0.05, 0) is 135 Å². The van der Waals surface area contributed by atoms with Gasteiger partial charge in [0.15, 0.2) is 0 Å². The Morgan fingerprint density at radius 1 is 0.161 bits per heavy atom. The van der Waals surface area contributed by atoms with Crippen molar-refractivity contribution in [2.45, 2.75) is 619 Å². The first-order valence-corrected chi connectivity index (χ1v) is 52.9. The highest BCUT2D eigenvalue weighted by Gasteiger charge is 2.17. The Balaban J connectivity index is 2.46. The minimum atomic E-state index is -0.0470. The third-order valence-electron chi connectivity index (χ3n) is 26.1. The molecule has 0 aliphatic rings. The molecule has 2 amide bonds. The van der Waals surface area contributed by atoms with Crippen LogP contribution in [0.25, 0.3) is 0 Å². The van der Waals surface area contributed by atoms with E-state index in [1.165, 1.54) is 552 Å². The van der Waals surface area contributed by atoms with Crippen LogP contribution >= 0.6 is 0 Å². The van der Waals surface area contributed by atoms with Gasteiger partial charge in [0.2, 0.25) is 0 Å². The topological polar surface area (TPSA) is 41.1 Å². The molecule has 0 heterocycles. The smallest absolute Gasteiger partial charge is 0.308 e. The Bertz CT molecular complexity index is 1950. The maximum Gasteiger partial charge on any atom is 0.323 e. The number of benzene rings is 2. The van der Waals surface area contributed by atoms with Crippen LogP contribution in [-0.2, 0) is 38.5 Å². The number of aryl methyl sites for hydroxylation is 4. The highest BCUT2D eigenvalue weighted by atomic mass is 16.2. The summed E-state index contributed by atoms with van der Waals surface area (Å²) >= 11 is 0. The maximum absolute atomic E-state index is 15.0. The summed E-state index contributed by atoms with van der Waals surface area (Å²) in [5.41, 5.74) is 11.6. The number of rotatable bonds is 92. The van der Waals surface area contributed by atoms with Crippen molar-refractivity contribution in [1.29, 1.82) is 0 Å². The molecule has 0 fully saturated rings. The Labute approximate surface area is 705 Å². The number of amides is 2. The lowest BCUT2D eigenvalue weighted by Crippen LogP contribution is -2.20.